The van der Waals surface area contributed by atoms with E-state index in [-0.39, 0.29) is 58.3 Å². The van der Waals surface area contributed by atoms with Crippen molar-refractivity contribution >= 4 is 17.0 Å². The maximum absolute atomic E-state index is 15.4. The number of rotatable bonds is 9. The van der Waals surface area contributed by atoms with E-state index in [1.807, 2.05) is 24.5 Å². The number of halogens is 3. The second kappa shape index (κ2) is 11.7. The summed E-state index contributed by atoms with van der Waals surface area (Å²) in [5.41, 5.74) is 1.82. The van der Waals surface area contributed by atoms with Gasteiger partial charge in [0.25, 0.3) is 0 Å². The molecular formula is C32H25F3N4O3. The van der Waals surface area contributed by atoms with Gasteiger partial charge in [0.05, 0.1) is 33.9 Å². The summed E-state index contributed by atoms with van der Waals surface area (Å²) in [7, 11) is 0. The van der Waals surface area contributed by atoms with E-state index in [9.17, 15) is 14.3 Å². The molecule has 0 bridgehead atoms. The van der Waals surface area contributed by atoms with Gasteiger partial charge in [-0.25, -0.2) is 27.9 Å². The fourth-order valence-electron chi connectivity index (χ4n) is 4.63. The first-order chi connectivity index (χ1) is 20.1. The first kappa shape index (κ1) is 28.4. The van der Waals surface area contributed by atoms with Crippen molar-refractivity contribution in [2.75, 3.05) is 0 Å². The van der Waals surface area contributed by atoms with Crippen molar-refractivity contribution in [2.24, 2.45) is 5.92 Å². The first-order valence-corrected chi connectivity index (χ1v) is 13.1. The van der Waals surface area contributed by atoms with Crippen molar-refractivity contribution < 1.29 is 27.8 Å². The van der Waals surface area contributed by atoms with Crippen LogP contribution in [0.25, 0.3) is 22.3 Å². The number of carbonyl (C=O) groups is 1. The van der Waals surface area contributed by atoms with E-state index in [1.165, 1.54) is 36.4 Å². The average Bonchev–Trinajstić information content (AvgIpc) is 3.29. The van der Waals surface area contributed by atoms with Gasteiger partial charge in [0, 0.05) is 30.2 Å². The van der Waals surface area contributed by atoms with E-state index in [2.05, 4.69) is 9.97 Å². The lowest BCUT2D eigenvalue weighted by Crippen LogP contribution is -2.10. The van der Waals surface area contributed by atoms with Crippen LogP contribution in [-0.2, 0) is 19.6 Å². The molecule has 3 aromatic carbocycles. The van der Waals surface area contributed by atoms with Gasteiger partial charge in [-0.05, 0) is 60.0 Å². The molecule has 0 radical (unpaired) electrons. The third kappa shape index (κ3) is 5.95. The highest BCUT2D eigenvalue weighted by atomic mass is 19.1. The Morgan fingerprint density at radius 2 is 1.76 bits per heavy atom. The molecule has 0 saturated carbocycles. The summed E-state index contributed by atoms with van der Waals surface area (Å²) in [4.78, 5) is 20.4. The van der Waals surface area contributed by atoms with Crippen LogP contribution in [0.1, 0.15) is 46.7 Å². The van der Waals surface area contributed by atoms with Gasteiger partial charge in [-0.1, -0.05) is 26.0 Å². The SMILES string of the molecule is CC(C)Cn1c(Cc2cc(F)c(-c3cccc(OCc4ccc(C#N)cc4F)n3)cc2F)nc2ccc(C(=O)O)cc21. The second-order valence-electron chi connectivity index (χ2n) is 10.2. The summed E-state index contributed by atoms with van der Waals surface area (Å²) in [5.74, 6) is -2.27. The molecule has 5 aromatic rings. The van der Waals surface area contributed by atoms with Gasteiger partial charge in [0.2, 0.25) is 5.88 Å². The number of carboxylic acid groups (broad SMARTS) is 1. The number of fused-ring (bicyclic) bond motifs is 1. The molecule has 2 aromatic heterocycles. The molecule has 1 N–H and O–H groups in total. The molecule has 2 heterocycles. The van der Waals surface area contributed by atoms with Gasteiger partial charge in [-0.15, -0.1) is 0 Å². The largest absolute Gasteiger partial charge is 0.478 e. The molecule has 0 aliphatic heterocycles. The number of nitriles is 1. The molecule has 0 aliphatic rings. The Morgan fingerprint density at radius 3 is 2.48 bits per heavy atom. The Hall–Kier alpha value is -5.17. The average molecular weight is 571 g/mol. The number of nitrogens with zero attached hydrogens (tertiary/aromatic N) is 4. The number of pyridine rings is 1. The Labute approximate surface area is 239 Å². The minimum atomic E-state index is -1.07. The van der Waals surface area contributed by atoms with Crippen LogP contribution >= 0.6 is 0 Å². The number of aromatic carboxylic acids is 1. The van der Waals surface area contributed by atoms with E-state index >= 15 is 8.78 Å². The minimum absolute atomic E-state index is 0.0143. The third-order valence-corrected chi connectivity index (χ3v) is 6.66. The smallest absolute Gasteiger partial charge is 0.335 e. The number of ether oxygens (including phenoxy) is 1. The van der Waals surface area contributed by atoms with Crippen molar-refractivity contribution in [1.29, 1.82) is 5.26 Å². The maximum atomic E-state index is 15.4. The lowest BCUT2D eigenvalue weighted by molar-refractivity contribution is 0.0697. The van der Waals surface area contributed by atoms with Crippen molar-refractivity contribution in [1.82, 2.24) is 14.5 Å². The molecule has 42 heavy (non-hydrogen) atoms. The fourth-order valence-corrected chi connectivity index (χ4v) is 4.63. The van der Waals surface area contributed by atoms with Crippen molar-refractivity contribution in [2.45, 2.75) is 33.4 Å². The van der Waals surface area contributed by atoms with E-state index in [1.54, 1.807) is 12.1 Å². The monoisotopic (exact) mass is 570 g/mol. The van der Waals surface area contributed by atoms with Gasteiger partial charge in [0.1, 0.15) is 29.9 Å². The molecule has 5 rings (SSSR count). The van der Waals surface area contributed by atoms with Gasteiger partial charge in [-0.3, -0.25) is 0 Å². The summed E-state index contributed by atoms with van der Waals surface area (Å²) >= 11 is 0. The third-order valence-electron chi connectivity index (χ3n) is 6.66. The summed E-state index contributed by atoms with van der Waals surface area (Å²) in [6.07, 6.45) is -0.0143. The van der Waals surface area contributed by atoms with Crippen molar-refractivity contribution in [3.05, 3.63) is 112 Å². The Kier molecular flexibility index (Phi) is 7.93. The zero-order valence-corrected chi connectivity index (χ0v) is 22.7. The van der Waals surface area contributed by atoms with Crippen LogP contribution in [0.2, 0.25) is 0 Å². The summed E-state index contributed by atoms with van der Waals surface area (Å²) in [5, 5.41) is 18.3. The van der Waals surface area contributed by atoms with Crippen LogP contribution in [-0.4, -0.2) is 25.6 Å². The Morgan fingerprint density at radius 1 is 0.976 bits per heavy atom. The second-order valence-corrected chi connectivity index (χ2v) is 10.2. The predicted octanol–water partition coefficient (Wildman–Crippen LogP) is 6.91. The lowest BCUT2D eigenvalue weighted by Gasteiger charge is -2.13. The predicted molar refractivity (Wildman–Crippen MR) is 149 cm³/mol. The number of benzene rings is 3. The van der Waals surface area contributed by atoms with Gasteiger partial charge >= 0.3 is 5.97 Å². The maximum Gasteiger partial charge on any atom is 0.335 e. The quantitative estimate of drug-likeness (QED) is 0.207. The number of hydrogen-bond acceptors (Lipinski definition) is 5. The number of carboxylic acids is 1. The van der Waals surface area contributed by atoms with Gasteiger partial charge in [0.15, 0.2) is 0 Å². The minimum Gasteiger partial charge on any atom is -0.478 e. The van der Waals surface area contributed by atoms with Crippen LogP contribution in [0.5, 0.6) is 5.88 Å². The van der Waals surface area contributed by atoms with Crippen LogP contribution in [0.4, 0.5) is 13.2 Å². The molecule has 0 spiro atoms. The van der Waals surface area contributed by atoms with Crippen molar-refractivity contribution in [3.8, 4) is 23.2 Å². The molecule has 0 atom stereocenters. The lowest BCUT2D eigenvalue weighted by atomic mass is 10.0. The highest BCUT2D eigenvalue weighted by molar-refractivity contribution is 5.92. The molecule has 10 heteroatoms. The van der Waals surface area contributed by atoms with Crippen LogP contribution in [0.3, 0.4) is 0 Å². The molecule has 0 unspecified atom stereocenters. The fraction of sp³-hybridized carbons (Fsp3) is 0.188. The summed E-state index contributed by atoms with van der Waals surface area (Å²) < 4.78 is 52.4. The van der Waals surface area contributed by atoms with Gasteiger partial charge < -0.3 is 14.4 Å². The van der Waals surface area contributed by atoms with Crippen LogP contribution in [0, 0.1) is 34.7 Å². The van der Waals surface area contributed by atoms with Crippen LogP contribution in [0.15, 0.2) is 66.7 Å². The molecule has 7 nitrogen and oxygen atoms in total. The summed E-state index contributed by atoms with van der Waals surface area (Å²) in [6.45, 7) is 4.34. The zero-order chi connectivity index (χ0) is 30.0. The molecule has 212 valence electrons. The molecule has 0 amide bonds. The van der Waals surface area contributed by atoms with E-state index < -0.39 is 23.4 Å². The molecule has 0 aliphatic carbocycles. The number of aromatic nitrogens is 3. The normalized spacial score (nSPS) is 11.2. The van der Waals surface area contributed by atoms with E-state index in [0.29, 0.717) is 23.4 Å². The summed E-state index contributed by atoms with van der Waals surface area (Å²) in [6, 6.07) is 17.2. The highest BCUT2D eigenvalue weighted by Crippen LogP contribution is 2.28. The highest BCUT2D eigenvalue weighted by Gasteiger charge is 2.19. The van der Waals surface area contributed by atoms with Gasteiger partial charge in [-0.2, -0.15) is 5.26 Å². The Bertz CT molecular complexity index is 1860. The molecule has 0 saturated heterocycles. The number of imidazole rings is 1. The first-order valence-electron chi connectivity index (χ1n) is 13.1. The zero-order valence-electron chi connectivity index (χ0n) is 22.7. The topological polar surface area (TPSA) is 101 Å². The van der Waals surface area contributed by atoms with Crippen LogP contribution < -0.4 is 4.74 Å². The standard InChI is InChI=1S/C32H25F3N4O3/c1-18(2)16-39-29-12-20(32(40)41)8-9-28(29)37-30(39)13-22-11-26(35)23(14-25(22)34)27-4-3-5-31(38-27)42-17-21-7-6-19(15-36)10-24(21)33/h3-12,14,18H,13,16-17H2,1-2H3,(H,40,41). The van der Waals surface area contributed by atoms with E-state index in [0.717, 1.165) is 18.2 Å². The van der Waals surface area contributed by atoms with E-state index in [4.69, 9.17) is 10.00 Å². The van der Waals surface area contributed by atoms with Crippen molar-refractivity contribution in [3.63, 3.8) is 0 Å². The molecule has 0 fully saturated rings. The Balaban J connectivity index is 1.41. The molecular weight excluding hydrogens is 545 g/mol. The number of hydrogen-bond donors (Lipinski definition) is 1.